The third-order valence-corrected chi connectivity index (χ3v) is 11.1. The van der Waals surface area contributed by atoms with Crippen LogP contribution >= 0.6 is 0 Å². The smallest absolute Gasteiger partial charge is 0.302 e. The van der Waals surface area contributed by atoms with Crippen LogP contribution in [0.5, 0.6) is 0 Å². The van der Waals surface area contributed by atoms with Gasteiger partial charge in [-0.15, -0.1) is 0 Å². The number of aromatic nitrogens is 1. The number of esters is 1. The maximum absolute atomic E-state index is 11.6. The van der Waals surface area contributed by atoms with Gasteiger partial charge in [-0.2, -0.15) is 0 Å². The number of pyridine rings is 1. The summed E-state index contributed by atoms with van der Waals surface area (Å²) in [6, 6.07) is 1.95. The zero-order chi connectivity index (χ0) is 21.3. The molecule has 1 saturated carbocycles. The lowest BCUT2D eigenvalue weighted by Gasteiger charge is -2.51. The third-order valence-electron chi connectivity index (χ3n) is 6.62. The summed E-state index contributed by atoms with van der Waals surface area (Å²) >= 11 is 0. The van der Waals surface area contributed by atoms with Crippen molar-refractivity contribution in [1.82, 2.24) is 4.98 Å². The van der Waals surface area contributed by atoms with Gasteiger partial charge in [0.2, 0.25) is 0 Å². The predicted octanol–water partition coefficient (Wildman–Crippen LogP) is 3.86. The van der Waals surface area contributed by atoms with Crippen LogP contribution in [0.15, 0.2) is 18.5 Å². The van der Waals surface area contributed by atoms with E-state index in [1.54, 1.807) is 12.4 Å². The molecule has 0 bridgehead atoms. The Hall–Kier alpha value is -1.44. The number of carbonyl (C=O) groups excluding carboxylic acids is 1. The van der Waals surface area contributed by atoms with Gasteiger partial charge < -0.3 is 20.0 Å². The van der Waals surface area contributed by atoms with Crippen molar-refractivity contribution in [3.8, 4) is 0 Å². The zero-order valence-corrected chi connectivity index (χ0v) is 19.3. The van der Waals surface area contributed by atoms with Crippen LogP contribution < -0.4 is 5.73 Å². The SMILES string of the molecule is CC(=O)OC[C@@]1(O)[C@@H](C)C[C@@H](c2ccncc2N)C[C@H]1O[Si](C)(C)C(C)(C)C. The van der Waals surface area contributed by atoms with Crippen LogP contribution in [-0.2, 0) is 14.0 Å². The molecule has 0 radical (unpaired) electrons. The van der Waals surface area contributed by atoms with Gasteiger partial charge >= 0.3 is 5.97 Å². The summed E-state index contributed by atoms with van der Waals surface area (Å²) in [5.41, 5.74) is 6.66. The van der Waals surface area contributed by atoms with Crippen molar-refractivity contribution in [1.29, 1.82) is 0 Å². The molecule has 1 aromatic rings. The molecule has 3 N–H and O–H groups in total. The van der Waals surface area contributed by atoms with E-state index in [0.29, 0.717) is 12.1 Å². The average Bonchev–Trinajstić information content (AvgIpc) is 2.56. The number of nitrogen functional groups attached to an aromatic ring is 1. The molecule has 0 aliphatic heterocycles. The molecule has 1 aliphatic rings. The van der Waals surface area contributed by atoms with Gasteiger partial charge in [-0.25, -0.2) is 0 Å². The first-order valence-electron chi connectivity index (χ1n) is 10.0. The molecule has 1 aromatic heterocycles. The normalized spacial score (nSPS) is 28.8. The van der Waals surface area contributed by atoms with Crippen LogP contribution in [-0.4, -0.2) is 42.7 Å². The van der Waals surface area contributed by atoms with Crippen molar-refractivity contribution in [2.45, 2.75) is 83.2 Å². The first-order chi connectivity index (χ1) is 12.8. The lowest BCUT2D eigenvalue weighted by atomic mass is 9.68. The maximum Gasteiger partial charge on any atom is 0.302 e. The molecule has 2 rings (SSSR count). The molecule has 0 aromatic carbocycles. The molecular formula is C21H36N2O4Si. The Morgan fingerprint density at radius 1 is 1.39 bits per heavy atom. The molecule has 7 heteroatoms. The van der Waals surface area contributed by atoms with Crippen LogP contribution in [0.25, 0.3) is 0 Å². The quantitative estimate of drug-likeness (QED) is 0.567. The molecular weight excluding hydrogens is 372 g/mol. The standard InChI is InChI=1S/C21H36N2O4Si/c1-14-10-16(17-8-9-23-12-18(17)22)11-19(21(14,25)13-26-15(2)24)27-28(6,7)20(3,4)5/h8-9,12,14,16,19,25H,10-11,13,22H2,1-7H3/t14-,16+,19+,21+/m0/s1. The van der Waals surface area contributed by atoms with Gasteiger partial charge in [-0.1, -0.05) is 27.7 Å². The van der Waals surface area contributed by atoms with Crippen molar-refractivity contribution in [3.63, 3.8) is 0 Å². The van der Waals surface area contributed by atoms with Crippen LogP contribution in [0.3, 0.4) is 0 Å². The molecule has 1 heterocycles. The summed E-state index contributed by atoms with van der Waals surface area (Å²) in [4.78, 5) is 15.5. The Bertz CT molecular complexity index is 704. The van der Waals surface area contributed by atoms with E-state index in [1.165, 1.54) is 6.92 Å². The zero-order valence-electron chi connectivity index (χ0n) is 18.3. The Morgan fingerprint density at radius 2 is 2.04 bits per heavy atom. The van der Waals surface area contributed by atoms with E-state index in [2.05, 4.69) is 38.8 Å². The monoisotopic (exact) mass is 408 g/mol. The van der Waals surface area contributed by atoms with E-state index < -0.39 is 26.0 Å². The van der Waals surface area contributed by atoms with Gasteiger partial charge in [0.15, 0.2) is 8.32 Å². The topological polar surface area (TPSA) is 94.7 Å². The number of aliphatic hydroxyl groups is 1. The second-order valence-electron chi connectivity index (χ2n) is 9.71. The number of anilines is 1. The van der Waals surface area contributed by atoms with Gasteiger partial charge in [0, 0.05) is 13.1 Å². The number of hydrogen-bond acceptors (Lipinski definition) is 6. The van der Waals surface area contributed by atoms with Crippen molar-refractivity contribution in [2.24, 2.45) is 5.92 Å². The fraction of sp³-hybridized carbons (Fsp3) is 0.714. The van der Waals surface area contributed by atoms with Crippen molar-refractivity contribution < 1.29 is 19.1 Å². The van der Waals surface area contributed by atoms with Crippen molar-refractivity contribution in [2.75, 3.05) is 12.3 Å². The Morgan fingerprint density at radius 3 is 2.57 bits per heavy atom. The van der Waals surface area contributed by atoms with Gasteiger partial charge in [0.25, 0.3) is 0 Å². The summed E-state index contributed by atoms with van der Waals surface area (Å²) in [7, 11) is -2.16. The minimum absolute atomic E-state index is 0.00121. The van der Waals surface area contributed by atoms with Crippen LogP contribution in [0, 0.1) is 5.92 Å². The Balaban J connectivity index is 2.38. The number of carbonyl (C=O) groups is 1. The molecule has 1 aliphatic carbocycles. The summed E-state index contributed by atoms with van der Waals surface area (Å²) in [5, 5.41) is 11.6. The van der Waals surface area contributed by atoms with E-state index in [9.17, 15) is 9.90 Å². The summed E-state index contributed by atoms with van der Waals surface area (Å²) in [6.07, 6.45) is 4.35. The minimum Gasteiger partial charge on any atom is -0.463 e. The molecule has 4 atom stereocenters. The number of ether oxygens (including phenoxy) is 1. The van der Waals surface area contributed by atoms with E-state index in [0.717, 1.165) is 12.0 Å². The predicted molar refractivity (Wildman–Crippen MR) is 113 cm³/mol. The largest absolute Gasteiger partial charge is 0.463 e. The fourth-order valence-electron chi connectivity index (χ4n) is 3.69. The number of nitrogens with zero attached hydrogens (tertiary/aromatic N) is 1. The molecule has 0 spiro atoms. The molecule has 1 fully saturated rings. The molecule has 0 unspecified atom stereocenters. The van der Waals surface area contributed by atoms with Crippen molar-refractivity contribution in [3.05, 3.63) is 24.0 Å². The Kier molecular flexibility index (Phi) is 6.63. The average molecular weight is 409 g/mol. The highest BCUT2D eigenvalue weighted by atomic mass is 28.4. The molecule has 6 nitrogen and oxygen atoms in total. The number of rotatable bonds is 5. The second kappa shape index (κ2) is 8.12. The number of nitrogens with two attached hydrogens (primary N) is 1. The van der Waals surface area contributed by atoms with Crippen LogP contribution in [0.4, 0.5) is 5.69 Å². The first kappa shape index (κ1) is 22.8. The molecule has 0 amide bonds. The lowest BCUT2D eigenvalue weighted by Crippen LogP contribution is -2.60. The highest BCUT2D eigenvalue weighted by molar-refractivity contribution is 6.74. The van der Waals surface area contributed by atoms with Crippen LogP contribution in [0.1, 0.15) is 58.9 Å². The lowest BCUT2D eigenvalue weighted by molar-refractivity contribution is -0.177. The van der Waals surface area contributed by atoms with Gasteiger partial charge in [-0.3, -0.25) is 9.78 Å². The van der Waals surface area contributed by atoms with E-state index in [1.807, 2.05) is 13.0 Å². The Labute approximate surface area is 170 Å². The summed E-state index contributed by atoms with van der Waals surface area (Å²) in [5.74, 6) is -0.356. The highest BCUT2D eigenvalue weighted by Gasteiger charge is 2.52. The van der Waals surface area contributed by atoms with Crippen molar-refractivity contribution >= 4 is 20.0 Å². The van der Waals surface area contributed by atoms with Gasteiger partial charge in [0.05, 0.1) is 18.0 Å². The molecule has 158 valence electrons. The molecule has 28 heavy (non-hydrogen) atoms. The van der Waals surface area contributed by atoms with Crippen LogP contribution in [0.2, 0.25) is 18.1 Å². The summed E-state index contributed by atoms with van der Waals surface area (Å²) in [6.45, 7) is 14.2. The van der Waals surface area contributed by atoms with E-state index in [-0.39, 0.29) is 23.5 Å². The summed E-state index contributed by atoms with van der Waals surface area (Å²) < 4.78 is 12.0. The number of hydrogen-bond donors (Lipinski definition) is 2. The second-order valence-corrected chi connectivity index (χ2v) is 14.5. The van der Waals surface area contributed by atoms with Gasteiger partial charge in [-0.05, 0) is 54.4 Å². The molecule has 0 saturated heterocycles. The maximum atomic E-state index is 11.6. The van der Waals surface area contributed by atoms with E-state index >= 15 is 0 Å². The third kappa shape index (κ3) is 4.75. The van der Waals surface area contributed by atoms with Gasteiger partial charge in [0.1, 0.15) is 12.2 Å². The highest BCUT2D eigenvalue weighted by Crippen LogP contribution is 2.47. The fourth-order valence-corrected chi connectivity index (χ4v) is 5.05. The minimum atomic E-state index is -2.16. The van der Waals surface area contributed by atoms with E-state index in [4.69, 9.17) is 14.9 Å². The first-order valence-corrected chi connectivity index (χ1v) is 12.9.